The molecule has 0 bridgehead atoms. The number of morpholine rings is 1. The average molecular weight is 433 g/mol. The van der Waals surface area contributed by atoms with Gasteiger partial charge in [0.2, 0.25) is 0 Å². The van der Waals surface area contributed by atoms with E-state index in [1.54, 1.807) is 0 Å². The van der Waals surface area contributed by atoms with E-state index in [1.807, 2.05) is 32.0 Å². The number of hydrogen-bond donors (Lipinski definition) is 0. The molecule has 0 N–H and O–H groups in total. The van der Waals surface area contributed by atoms with Gasteiger partial charge in [-0.3, -0.25) is 9.47 Å². The highest BCUT2D eigenvalue weighted by atomic mass is 16.5. The molecule has 5 rings (SSSR count). The predicted octanol–water partition coefficient (Wildman–Crippen LogP) is 4.22. The normalized spacial score (nSPS) is 14.8. The van der Waals surface area contributed by atoms with Crippen LogP contribution in [0.2, 0.25) is 0 Å². The molecule has 1 saturated heterocycles. The number of nitrogens with zero attached hydrogens (tertiary/aromatic N) is 4. The van der Waals surface area contributed by atoms with Crippen molar-refractivity contribution in [1.29, 1.82) is 0 Å². The Morgan fingerprint density at radius 1 is 1.00 bits per heavy atom. The summed E-state index contributed by atoms with van der Waals surface area (Å²) in [4.78, 5) is 7.29. The highest BCUT2D eigenvalue weighted by Crippen LogP contribution is 2.31. The quantitative estimate of drug-likeness (QED) is 0.436. The van der Waals surface area contributed by atoms with E-state index in [1.165, 1.54) is 0 Å². The summed E-state index contributed by atoms with van der Waals surface area (Å²) >= 11 is 0. The van der Waals surface area contributed by atoms with Crippen LogP contribution >= 0.6 is 0 Å². The van der Waals surface area contributed by atoms with Crippen LogP contribution < -0.4 is 4.74 Å². The van der Waals surface area contributed by atoms with Crippen LogP contribution in [0.3, 0.4) is 0 Å². The van der Waals surface area contributed by atoms with Crippen molar-refractivity contribution in [2.75, 3.05) is 32.8 Å². The highest BCUT2D eigenvalue weighted by molar-refractivity contribution is 5.84. The summed E-state index contributed by atoms with van der Waals surface area (Å²) in [6.45, 7) is 9.64. The minimum absolute atomic E-state index is 0.485. The Morgan fingerprint density at radius 3 is 2.56 bits per heavy atom. The Hall–Kier alpha value is -3.16. The molecule has 0 atom stereocenters. The predicted molar refractivity (Wildman–Crippen MR) is 123 cm³/mol. The molecule has 1 aliphatic heterocycles. The number of aromatic nitrogens is 3. The van der Waals surface area contributed by atoms with Gasteiger partial charge in [0, 0.05) is 31.7 Å². The molecule has 3 heterocycles. The summed E-state index contributed by atoms with van der Waals surface area (Å²) in [6, 6.07) is 17.2. The first-order valence-corrected chi connectivity index (χ1v) is 11.1. The number of aryl methyl sites for hydroxylation is 2. The number of hydrogen-bond acceptors (Lipinski definition) is 6. The highest BCUT2D eigenvalue weighted by Gasteiger charge is 2.18. The Labute approximate surface area is 187 Å². The van der Waals surface area contributed by atoms with Crippen molar-refractivity contribution < 1.29 is 14.0 Å². The van der Waals surface area contributed by atoms with Gasteiger partial charge in [-0.25, -0.2) is 0 Å². The van der Waals surface area contributed by atoms with Crippen LogP contribution in [-0.2, 0) is 17.9 Å². The second-order valence-corrected chi connectivity index (χ2v) is 8.18. The standard InChI is InChI=1S/C25H28N4O3/c1-18-24(19(2)32-27-18)21-8-9-23-22(16-21)26-25(31-17-20-6-4-3-5-7-20)29(23)11-10-28-12-14-30-15-13-28/h3-9,16H,10-15,17H2,1-2H3. The van der Waals surface area contributed by atoms with Gasteiger partial charge in [0.25, 0.3) is 6.01 Å². The molecule has 2 aromatic heterocycles. The van der Waals surface area contributed by atoms with E-state index in [2.05, 4.69) is 45.0 Å². The molecule has 166 valence electrons. The molecular formula is C25H28N4O3. The second kappa shape index (κ2) is 9.14. The van der Waals surface area contributed by atoms with E-state index in [0.717, 1.165) is 78.6 Å². The number of rotatable bonds is 7. The fourth-order valence-electron chi connectivity index (χ4n) is 4.27. The molecule has 7 nitrogen and oxygen atoms in total. The SMILES string of the molecule is Cc1noc(C)c1-c1ccc2c(c1)nc(OCc1ccccc1)n2CCN1CCOCC1. The molecular weight excluding hydrogens is 404 g/mol. The van der Waals surface area contributed by atoms with Crippen LogP contribution in [0.4, 0.5) is 0 Å². The minimum Gasteiger partial charge on any atom is -0.460 e. The zero-order chi connectivity index (χ0) is 21.9. The average Bonchev–Trinajstić information content (AvgIpc) is 3.35. The summed E-state index contributed by atoms with van der Waals surface area (Å²) in [5.41, 5.74) is 6.07. The summed E-state index contributed by atoms with van der Waals surface area (Å²) in [6.07, 6.45) is 0. The van der Waals surface area contributed by atoms with Gasteiger partial charge in [-0.1, -0.05) is 41.6 Å². The smallest absolute Gasteiger partial charge is 0.297 e. The minimum atomic E-state index is 0.485. The van der Waals surface area contributed by atoms with Crippen LogP contribution in [0.15, 0.2) is 53.1 Å². The molecule has 0 amide bonds. The van der Waals surface area contributed by atoms with Gasteiger partial charge in [-0.2, -0.15) is 4.98 Å². The molecule has 0 saturated carbocycles. The lowest BCUT2D eigenvalue weighted by molar-refractivity contribution is 0.0362. The number of ether oxygens (including phenoxy) is 2. The third-order valence-electron chi connectivity index (χ3n) is 5.99. The maximum Gasteiger partial charge on any atom is 0.297 e. The van der Waals surface area contributed by atoms with Gasteiger partial charge < -0.3 is 14.0 Å². The van der Waals surface area contributed by atoms with Gasteiger partial charge >= 0.3 is 0 Å². The van der Waals surface area contributed by atoms with Crippen LogP contribution in [-0.4, -0.2) is 52.5 Å². The second-order valence-electron chi connectivity index (χ2n) is 8.18. The number of imidazole rings is 1. The molecule has 0 radical (unpaired) electrons. The number of fused-ring (bicyclic) bond motifs is 1. The molecule has 2 aromatic carbocycles. The van der Waals surface area contributed by atoms with E-state index in [-0.39, 0.29) is 0 Å². The summed E-state index contributed by atoms with van der Waals surface area (Å²) < 4.78 is 19.2. The van der Waals surface area contributed by atoms with E-state index in [9.17, 15) is 0 Å². The largest absolute Gasteiger partial charge is 0.460 e. The van der Waals surface area contributed by atoms with E-state index in [4.69, 9.17) is 19.0 Å². The maximum atomic E-state index is 6.20. The molecule has 32 heavy (non-hydrogen) atoms. The van der Waals surface area contributed by atoms with Crippen LogP contribution in [0.1, 0.15) is 17.0 Å². The molecule has 1 aliphatic rings. The van der Waals surface area contributed by atoms with Crippen LogP contribution in [0, 0.1) is 13.8 Å². The van der Waals surface area contributed by atoms with Crippen molar-refractivity contribution in [3.05, 3.63) is 65.5 Å². The maximum absolute atomic E-state index is 6.20. The van der Waals surface area contributed by atoms with E-state index in [0.29, 0.717) is 12.6 Å². The summed E-state index contributed by atoms with van der Waals surface area (Å²) in [5.74, 6) is 0.814. The third-order valence-corrected chi connectivity index (χ3v) is 5.99. The fourth-order valence-corrected chi connectivity index (χ4v) is 4.27. The molecule has 0 spiro atoms. The molecule has 1 fully saturated rings. The zero-order valence-electron chi connectivity index (χ0n) is 18.6. The Morgan fingerprint density at radius 2 is 1.81 bits per heavy atom. The summed E-state index contributed by atoms with van der Waals surface area (Å²) in [5, 5.41) is 4.10. The van der Waals surface area contributed by atoms with Crippen molar-refractivity contribution >= 4 is 11.0 Å². The third kappa shape index (κ3) is 4.26. The van der Waals surface area contributed by atoms with Gasteiger partial charge in [-0.15, -0.1) is 0 Å². The lowest BCUT2D eigenvalue weighted by atomic mass is 10.0. The molecule has 4 aromatic rings. The van der Waals surface area contributed by atoms with E-state index >= 15 is 0 Å². The van der Waals surface area contributed by atoms with Crippen LogP contribution in [0.25, 0.3) is 22.2 Å². The fraction of sp³-hybridized carbons (Fsp3) is 0.360. The number of benzene rings is 2. The first-order chi connectivity index (χ1) is 15.7. The van der Waals surface area contributed by atoms with Crippen molar-refractivity contribution in [3.63, 3.8) is 0 Å². The van der Waals surface area contributed by atoms with Crippen LogP contribution in [0.5, 0.6) is 6.01 Å². The zero-order valence-corrected chi connectivity index (χ0v) is 18.6. The lowest BCUT2D eigenvalue weighted by Gasteiger charge is -2.26. The van der Waals surface area contributed by atoms with E-state index < -0.39 is 0 Å². The van der Waals surface area contributed by atoms with Gasteiger partial charge in [0.1, 0.15) is 12.4 Å². The summed E-state index contributed by atoms with van der Waals surface area (Å²) in [7, 11) is 0. The molecule has 0 aliphatic carbocycles. The molecule has 0 unspecified atom stereocenters. The van der Waals surface area contributed by atoms with Gasteiger partial charge in [0.15, 0.2) is 0 Å². The lowest BCUT2D eigenvalue weighted by Crippen LogP contribution is -2.38. The first kappa shape index (κ1) is 20.7. The van der Waals surface area contributed by atoms with Gasteiger partial charge in [-0.05, 0) is 37.1 Å². The topological polar surface area (TPSA) is 65.6 Å². The van der Waals surface area contributed by atoms with Gasteiger partial charge in [0.05, 0.1) is 29.9 Å². The Kier molecular flexibility index (Phi) is 5.92. The van der Waals surface area contributed by atoms with Crippen molar-refractivity contribution in [2.24, 2.45) is 0 Å². The molecule has 7 heteroatoms. The van der Waals surface area contributed by atoms with Crippen molar-refractivity contribution in [3.8, 4) is 17.1 Å². The monoisotopic (exact) mass is 432 g/mol. The Balaban J connectivity index is 1.46. The van der Waals surface area contributed by atoms with Crippen molar-refractivity contribution in [1.82, 2.24) is 19.6 Å². The first-order valence-electron chi connectivity index (χ1n) is 11.1. The van der Waals surface area contributed by atoms with Crippen molar-refractivity contribution in [2.45, 2.75) is 27.0 Å². The Bertz CT molecular complexity index is 1170.